The lowest BCUT2D eigenvalue weighted by atomic mass is 9.80. The molecule has 2 N–H and O–H groups in total. The Morgan fingerprint density at radius 3 is 2.84 bits per heavy atom. The van der Waals surface area contributed by atoms with Crippen molar-refractivity contribution >= 4 is 17.7 Å². The normalized spacial score (nSPS) is 27.0. The summed E-state index contributed by atoms with van der Waals surface area (Å²) in [5.41, 5.74) is -0.518. The number of aliphatic hydroxyl groups is 1. The Balaban J connectivity index is 1.95. The van der Waals surface area contributed by atoms with Crippen LogP contribution in [0, 0.1) is 0 Å². The molecule has 0 amide bonds. The largest absolute Gasteiger partial charge is 0.388 e. The first-order chi connectivity index (χ1) is 9.17. The Kier molecular flexibility index (Phi) is 5.39. The molecule has 5 heteroatoms. The standard InChI is InChI=1S/C14H27N3OS/c1-3-12-10-17(8-9-19-12)13(15-4-2)16-11-14(18)6-5-7-14/h12,18H,3-11H2,1-2H3,(H,15,16). The lowest BCUT2D eigenvalue weighted by Gasteiger charge is -2.37. The van der Waals surface area contributed by atoms with Crippen molar-refractivity contribution in [2.75, 3.05) is 31.9 Å². The van der Waals surface area contributed by atoms with Gasteiger partial charge in [-0.05, 0) is 32.6 Å². The molecule has 2 rings (SSSR count). The molecule has 0 aromatic rings. The quantitative estimate of drug-likeness (QED) is 0.610. The third-order valence-corrected chi connectivity index (χ3v) is 5.41. The minimum atomic E-state index is -0.518. The Hall–Kier alpha value is -0.420. The van der Waals surface area contributed by atoms with Crippen LogP contribution in [0.15, 0.2) is 4.99 Å². The topological polar surface area (TPSA) is 47.9 Å². The van der Waals surface area contributed by atoms with Crippen molar-refractivity contribution in [3.05, 3.63) is 0 Å². The molecule has 0 spiro atoms. The molecule has 1 aliphatic carbocycles. The monoisotopic (exact) mass is 285 g/mol. The summed E-state index contributed by atoms with van der Waals surface area (Å²) in [5, 5.41) is 14.3. The minimum absolute atomic E-state index is 0.518. The van der Waals surface area contributed by atoms with Crippen LogP contribution < -0.4 is 5.32 Å². The smallest absolute Gasteiger partial charge is 0.194 e. The van der Waals surface area contributed by atoms with Crippen LogP contribution in [0.25, 0.3) is 0 Å². The van der Waals surface area contributed by atoms with Crippen molar-refractivity contribution in [3.63, 3.8) is 0 Å². The molecule has 4 nitrogen and oxygen atoms in total. The van der Waals surface area contributed by atoms with Crippen LogP contribution in [0.4, 0.5) is 0 Å². The van der Waals surface area contributed by atoms with E-state index in [1.54, 1.807) is 0 Å². The second-order valence-corrected chi connectivity index (χ2v) is 7.00. The van der Waals surface area contributed by atoms with Gasteiger partial charge >= 0.3 is 0 Å². The van der Waals surface area contributed by atoms with Gasteiger partial charge in [0.25, 0.3) is 0 Å². The van der Waals surface area contributed by atoms with Crippen LogP contribution in [0.5, 0.6) is 0 Å². The first-order valence-electron chi connectivity index (χ1n) is 7.54. The van der Waals surface area contributed by atoms with Crippen molar-refractivity contribution in [1.29, 1.82) is 0 Å². The van der Waals surface area contributed by atoms with E-state index in [1.165, 1.54) is 12.2 Å². The molecule has 0 radical (unpaired) electrons. The Morgan fingerprint density at radius 2 is 2.26 bits per heavy atom. The fraction of sp³-hybridized carbons (Fsp3) is 0.929. The van der Waals surface area contributed by atoms with Crippen molar-refractivity contribution in [1.82, 2.24) is 10.2 Å². The average Bonchev–Trinajstić information content (AvgIpc) is 2.41. The van der Waals surface area contributed by atoms with E-state index in [-0.39, 0.29) is 0 Å². The van der Waals surface area contributed by atoms with Crippen LogP contribution in [-0.2, 0) is 0 Å². The molecule has 1 heterocycles. The second kappa shape index (κ2) is 6.84. The zero-order chi connectivity index (χ0) is 13.7. The molecule has 2 fully saturated rings. The van der Waals surface area contributed by atoms with Gasteiger partial charge < -0.3 is 15.3 Å². The summed E-state index contributed by atoms with van der Waals surface area (Å²) in [6, 6.07) is 0. The first-order valence-corrected chi connectivity index (χ1v) is 8.59. The van der Waals surface area contributed by atoms with Crippen LogP contribution in [0.1, 0.15) is 39.5 Å². The van der Waals surface area contributed by atoms with E-state index in [0.29, 0.717) is 11.8 Å². The van der Waals surface area contributed by atoms with E-state index in [9.17, 15) is 5.11 Å². The number of hydrogen-bond donors (Lipinski definition) is 2. The van der Waals surface area contributed by atoms with Gasteiger partial charge in [0.05, 0.1) is 12.1 Å². The number of thioether (sulfide) groups is 1. The molecule has 1 aliphatic heterocycles. The molecular formula is C14H27N3OS. The number of guanidine groups is 1. The molecular weight excluding hydrogens is 258 g/mol. The molecule has 2 aliphatic rings. The molecule has 1 saturated heterocycles. The summed E-state index contributed by atoms with van der Waals surface area (Å²) in [6.07, 6.45) is 4.16. The van der Waals surface area contributed by atoms with E-state index >= 15 is 0 Å². The van der Waals surface area contributed by atoms with Crippen LogP contribution in [-0.4, -0.2) is 58.7 Å². The Morgan fingerprint density at radius 1 is 1.47 bits per heavy atom. The van der Waals surface area contributed by atoms with Crippen molar-refractivity contribution < 1.29 is 5.11 Å². The van der Waals surface area contributed by atoms with E-state index in [2.05, 4.69) is 40.8 Å². The number of rotatable bonds is 4. The maximum atomic E-state index is 10.2. The molecule has 1 saturated carbocycles. The second-order valence-electron chi connectivity index (χ2n) is 5.60. The summed E-state index contributed by atoms with van der Waals surface area (Å²) < 4.78 is 0. The number of nitrogens with zero attached hydrogens (tertiary/aromatic N) is 2. The van der Waals surface area contributed by atoms with Crippen molar-refractivity contribution in [2.45, 2.75) is 50.4 Å². The van der Waals surface area contributed by atoms with Crippen molar-refractivity contribution in [2.24, 2.45) is 4.99 Å². The maximum Gasteiger partial charge on any atom is 0.194 e. The van der Waals surface area contributed by atoms with Gasteiger partial charge in [-0.2, -0.15) is 11.8 Å². The van der Waals surface area contributed by atoms with Gasteiger partial charge in [-0.15, -0.1) is 0 Å². The lowest BCUT2D eigenvalue weighted by molar-refractivity contribution is -0.0237. The molecule has 0 aromatic heterocycles. The highest BCUT2D eigenvalue weighted by Gasteiger charge is 2.34. The van der Waals surface area contributed by atoms with Crippen LogP contribution >= 0.6 is 11.8 Å². The molecule has 110 valence electrons. The summed E-state index contributed by atoms with van der Waals surface area (Å²) in [7, 11) is 0. The lowest BCUT2D eigenvalue weighted by Crippen LogP contribution is -2.49. The van der Waals surface area contributed by atoms with E-state index < -0.39 is 5.60 Å². The average molecular weight is 285 g/mol. The Bertz CT molecular complexity index is 318. The molecule has 19 heavy (non-hydrogen) atoms. The third-order valence-electron chi connectivity index (χ3n) is 4.04. The third kappa shape index (κ3) is 4.02. The van der Waals surface area contributed by atoms with E-state index in [1.807, 2.05) is 0 Å². The zero-order valence-corrected chi connectivity index (χ0v) is 13.0. The summed E-state index contributed by atoms with van der Waals surface area (Å²) in [5.74, 6) is 2.16. The SMILES string of the molecule is CCNC(=NCC1(O)CCC1)N1CCSC(CC)C1. The molecule has 0 bridgehead atoms. The maximum absolute atomic E-state index is 10.2. The van der Waals surface area contributed by atoms with Gasteiger partial charge in [0, 0.05) is 30.6 Å². The fourth-order valence-electron chi connectivity index (χ4n) is 2.55. The van der Waals surface area contributed by atoms with Crippen molar-refractivity contribution in [3.8, 4) is 0 Å². The minimum Gasteiger partial charge on any atom is -0.388 e. The van der Waals surface area contributed by atoms with Crippen LogP contribution in [0.3, 0.4) is 0 Å². The van der Waals surface area contributed by atoms with E-state index in [0.717, 1.165) is 44.9 Å². The number of nitrogens with one attached hydrogen (secondary N) is 1. The number of aliphatic imine (C=N–C) groups is 1. The fourth-order valence-corrected chi connectivity index (χ4v) is 3.73. The van der Waals surface area contributed by atoms with Gasteiger partial charge in [0.1, 0.15) is 0 Å². The summed E-state index contributed by atoms with van der Waals surface area (Å²) >= 11 is 2.07. The zero-order valence-electron chi connectivity index (χ0n) is 12.2. The van der Waals surface area contributed by atoms with E-state index in [4.69, 9.17) is 0 Å². The van der Waals surface area contributed by atoms with Gasteiger partial charge in [0.15, 0.2) is 5.96 Å². The van der Waals surface area contributed by atoms with Crippen LogP contribution in [0.2, 0.25) is 0 Å². The molecule has 0 aromatic carbocycles. The Labute approximate surface area is 121 Å². The van der Waals surface area contributed by atoms with Gasteiger partial charge in [-0.1, -0.05) is 6.92 Å². The summed E-state index contributed by atoms with van der Waals surface area (Å²) in [6.45, 7) is 7.93. The van der Waals surface area contributed by atoms with Gasteiger partial charge in [-0.3, -0.25) is 4.99 Å². The molecule has 1 unspecified atom stereocenters. The highest BCUT2D eigenvalue weighted by Crippen LogP contribution is 2.31. The predicted octanol–water partition coefficient (Wildman–Crippen LogP) is 1.69. The summed E-state index contributed by atoms with van der Waals surface area (Å²) in [4.78, 5) is 7.03. The highest BCUT2D eigenvalue weighted by molar-refractivity contribution is 8.00. The highest BCUT2D eigenvalue weighted by atomic mass is 32.2. The number of hydrogen-bond acceptors (Lipinski definition) is 3. The first kappa shape index (κ1) is 15.0. The predicted molar refractivity (Wildman–Crippen MR) is 82.9 cm³/mol. The molecule has 1 atom stereocenters. The van der Waals surface area contributed by atoms with Gasteiger partial charge in [-0.25, -0.2) is 0 Å². The van der Waals surface area contributed by atoms with Gasteiger partial charge in [0.2, 0.25) is 0 Å².